The normalized spacial score (nSPS) is 13.7. The van der Waals surface area contributed by atoms with E-state index in [0.717, 1.165) is 27.5 Å². The van der Waals surface area contributed by atoms with Crippen molar-refractivity contribution in [1.29, 1.82) is 0 Å². The lowest BCUT2D eigenvalue weighted by Gasteiger charge is -2.17. The van der Waals surface area contributed by atoms with E-state index in [4.69, 9.17) is 0 Å². The second-order valence-electron chi connectivity index (χ2n) is 4.83. The standard InChI is InChI=1S/C16H14O/c1-10(2)13-8-6-11-4-3-5-12-7-9-14(17)16(13)15(11)12/h3-10H,1-2H3. The van der Waals surface area contributed by atoms with Crippen LogP contribution < -0.4 is 0 Å². The average molecular weight is 222 g/mol. The zero-order valence-corrected chi connectivity index (χ0v) is 10.0. The van der Waals surface area contributed by atoms with Crippen LogP contribution in [0.15, 0.2) is 36.4 Å². The van der Waals surface area contributed by atoms with Crippen molar-refractivity contribution in [2.45, 2.75) is 19.8 Å². The van der Waals surface area contributed by atoms with Crippen LogP contribution in [0.3, 0.4) is 0 Å². The molecule has 2 aromatic rings. The summed E-state index contributed by atoms with van der Waals surface area (Å²) in [5.41, 5.74) is 3.20. The predicted molar refractivity (Wildman–Crippen MR) is 71.4 cm³/mol. The zero-order valence-electron chi connectivity index (χ0n) is 10.0. The van der Waals surface area contributed by atoms with Gasteiger partial charge in [-0.05, 0) is 28.5 Å². The average Bonchev–Trinajstić information content (AvgIpc) is 2.33. The largest absolute Gasteiger partial charge is 0.289 e. The fourth-order valence-corrected chi connectivity index (χ4v) is 2.56. The first-order valence-corrected chi connectivity index (χ1v) is 5.96. The van der Waals surface area contributed by atoms with E-state index in [1.54, 1.807) is 6.08 Å². The molecule has 1 heteroatoms. The zero-order chi connectivity index (χ0) is 12.0. The second kappa shape index (κ2) is 3.56. The maximum atomic E-state index is 12.1. The van der Waals surface area contributed by atoms with Crippen LogP contribution in [0.5, 0.6) is 0 Å². The minimum atomic E-state index is 0.137. The Morgan fingerprint density at radius 3 is 2.59 bits per heavy atom. The molecule has 0 heterocycles. The van der Waals surface area contributed by atoms with Crippen LogP contribution in [0.2, 0.25) is 0 Å². The van der Waals surface area contributed by atoms with Gasteiger partial charge in [0.25, 0.3) is 0 Å². The predicted octanol–water partition coefficient (Wildman–Crippen LogP) is 4.17. The SMILES string of the molecule is CC(C)c1ccc2cccc3c2c1C(=O)C=C3. The van der Waals surface area contributed by atoms with Gasteiger partial charge in [0.05, 0.1) is 0 Å². The number of ketones is 1. The van der Waals surface area contributed by atoms with E-state index < -0.39 is 0 Å². The molecular formula is C16H14O. The van der Waals surface area contributed by atoms with Crippen LogP contribution in [0.1, 0.15) is 41.3 Å². The van der Waals surface area contributed by atoms with Gasteiger partial charge in [0, 0.05) is 10.9 Å². The van der Waals surface area contributed by atoms with Crippen LogP contribution in [-0.2, 0) is 0 Å². The van der Waals surface area contributed by atoms with E-state index in [1.165, 1.54) is 0 Å². The van der Waals surface area contributed by atoms with Crippen molar-refractivity contribution in [1.82, 2.24) is 0 Å². The summed E-state index contributed by atoms with van der Waals surface area (Å²) >= 11 is 0. The Morgan fingerprint density at radius 2 is 1.82 bits per heavy atom. The molecule has 0 N–H and O–H groups in total. The van der Waals surface area contributed by atoms with Gasteiger partial charge in [-0.2, -0.15) is 0 Å². The second-order valence-corrected chi connectivity index (χ2v) is 4.83. The van der Waals surface area contributed by atoms with Gasteiger partial charge in [0.15, 0.2) is 5.78 Å². The van der Waals surface area contributed by atoms with Crippen LogP contribution in [-0.4, -0.2) is 5.78 Å². The molecule has 0 unspecified atom stereocenters. The Bertz CT molecular complexity index is 648. The molecule has 3 rings (SSSR count). The first-order chi connectivity index (χ1) is 8.18. The quantitative estimate of drug-likeness (QED) is 0.707. The highest BCUT2D eigenvalue weighted by Gasteiger charge is 2.19. The summed E-state index contributed by atoms with van der Waals surface area (Å²) < 4.78 is 0. The van der Waals surface area contributed by atoms with E-state index in [-0.39, 0.29) is 5.78 Å². The molecule has 0 aromatic heterocycles. The van der Waals surface area contributed by atoms with Gasteiger partial charge in [-0.1, -0.05) is 50.3 Å². The molecule has 0 saturated carbocycles. The first-order valence-electron chi connectivity index (χ1n) is 5.96. The Balaban J connectivity index is 2.50. The van der Waals surface area contributed by atoms with E-state index in [1.807, 2.05) is 12.1 Å². The third-order valence-electron chi connectivity index (χ3n) is 3.39. The van der Waals surface area contributed by atoms with E-state index >= 15 is 0 Å². The van der Waals surface area contributed by atoms with Gasteiger partial charge in [-0.3, -0.25) is 4.79 Å². The molecule has 0 fully saturated rings. The van der Waals surface area contributed by atoms with E-state index in [0.29, 0.717) is 5.92 Å². The third kappa shape index (κ3) is 1.42. The van der Waals surface area contributed by atoms with Crippen LogP contribution in [0, 0.1) is 0 Å². The van der Waals surface area contributed by atoms with Crippen molar-refractivity contribution in [2.24, 2.45) is 0 Å². The number of allylic oxidation sites excluding steroid dienone is 1. The van der Waals surface area contributed by atoms with E-state index in [2.05, 4.69) is 38.1 Å². The number of carbonyl (C=O) groups excluding carboxylic acids is 1. The summed E-state index contributed by atoms with van der Waals surface area (Å²) in [6, 6.07) is 10.4. The summed E-state index contributed by atoms with van der Waals surface area (Å²) in [5, 5.41) is 2.27. The Hall–Kier alpha value is -1.89. The fourth-order valence-electron chi connectivity index (χ4n) is 2.56. The van der Waals surface area contributed by atoms with Gasteiger partial charge < -0.3 is 0 Å². The smallest absolute Gasteiger partial charge is 0.186 e. The third-order valence-corrected chi connectivity index (χ3v) is 3.39. The monoisotopic (exact) mass is 222 g/mol. The molecule has 0 atom stereocenters. The molecule has 0 saturated heterocycles. The lowest BCUT2D eigenvalue weighted by atomic mass is 9.85. The van der Waals surface area contributed by atoms with Gasteiger partial charge >= 0.3 is 0 Å². The van der Waals surface area contributed by atoms with E-state index in [9.17, 15) is 4.79 Å². The van der Waals surface area contributed by atoms with Crippen molar-refractivity contribution in [3.63, 3.8) is 0 Å². The van der Waals surface area contributed by atoms with Crippen molar-refractivity contribution >= 4 is 22.6 Å². The minimum Gasteiger partial charge on any atom is -0.289 e. The number of rotatable bonds is 1. The van der Waals surface area contributed by atoms with Crippen molar-refractivity contribution in [3.05, 3.63) is 53.1 Å². The number of benzene rings is 2. The number of carbonyl (C=O) groups is 1. The van der Waals surface area contributed by atoms with Gasteiger partial charge in [-0.15, -0.1) is 0 Å². The fraction of sp³-hybridized carbons (Fsp3) is 0.188. The Labute approximate surface area is 101 Å². The van der Waals surface area contributed by atoms with Crippen LogP contribution in [0.25, 0.3) is 16.8 Å². The molecule has 0 amide bonds. The summed E-state index contributed by atoms with van der Waals surface area (Å²) in [6.07, 6.45) is 3.60. The van der Waals surface area contributed by atoms with Crippen LogP contribution in [0.4, 0.5) is 0 Å². The highest BCUT2D eigenvalue weighted by molar-refractivity contribution is 6.20. The molecular weight excluding hydrogens is 208 g/mol. The molecule has 0 spiro atoms. The van der Waals surface area contributed by atoms with Crippen LogP contribution >= 0.6 is 0 Å². The molecule has 0 aliphatic heterocycles. The molecule has 1 aliphatic rings. The maximum Gasteiger partial charge on any atom is 0.186 e. The summed E-state index contributed by atoms with van der Waals surface area (Å²) in [6.45, 7) is 4.26. The number of hydrogen-bond donors (Lipinski definition) is 0. The van der Waals surface area contributed by atoms with Crippen molar-refractivity contribution < 1.29 is 4.79 Å². The molecule has 0 bridgehead atoms. The highest BCUT2D eigenvalue weighted by Crippen LogP contribution is 2.33. The summed E-state index contributed by atoms with van der Waals surface area (Å²) in [4.78, 5) is 12.1. The molecule has 84 valence electrons. The minimum absolute atomic E-state index is 0.137. The highest BCUT2D eigenvalue weighted by atomic mass is 16.1. The van der Waals surface area contributed by atoms with Gasteiger partial charge in [0.2, 0.25) is 0 Å². The topological polar surface area (TPSA) is 17.1 Å². The van der Waals surface area contributed by atoms with Crippen molar-refractivity contribution in [3.8, 4) is 0 Å². The first kappa shape index (κ1) is 10.3. The molecule has 1 aliphatic carbocycles. The van der Waals surface area contributed by atoms with Gasteiger partial charge in [-0.25, -0.2) is 0 Å². The van der Waals surface area contributed by atoms with Crippen molar-refractivity contribution in [2.75, 3.05) is 0 Å². The Morgan fingerprint density at radius 1 is 1.00 bits per heavy atom. The lowest BCUT2D eigenvalue weighted by molar-refractivity contribution is 0.104. The Kier molecular flexibility index (Phi) is 2.15. The number of hydrogen-bond acceptors (Lipinski definition) is 1. The summed E-state index contributed by atoms with van der Waals surface area (Å²) in [5.74, 6) is 0.510. The maximum absolute atomic E-state index is 12.1. The molecule has 1 nitrogen and oxygen atoms in total. The summed E-state index contributed by atoms with van der Waals surface area (Å²) in [7, 11) is 0. The van der Waals surface area contributed by atoms with Gasteiger partial charge in [0.1, 0.15) is 0 Å². The lowest BCUT2D eigenvalue weighted by Crippen LogP contribution is -2.07. The molecule has 17 heavy (non-hydrogen) atoms. The molecule has 0 radical (unpaired) electrons. The molecule has 2 aromatic carbocycles.